The molecule has 27 heavy (non-hydrogen) atoms. The Morgan fingerprint density at radius 3 is 2.52 bits per heavy atom. The number of nitrogens with zero attached hydrogens (tertiary/aromatic N) is 1. The number of urea groups is 1. The second-order valence-electron chi connectivity index (χ2n) is 8.00. The molecule has 2 aliphatic carbocycles. The molecule has 2 unspecified atom stereocenters. The van der Waals surface area contributed by atoms with Gasteiger partial charge in [-0.3, -0.25) is 9.59 Å². The molecule has 0 aromatic rings. The fraction of sp³-hybridized carbons (Fsp3) is 0.750. The van der Waals surface area contributed by atoms with E-state index < -0.39 is 12.1 Å². The van der Waals surface area contributed by atoms with Gasteiger partial charge in [-0.25, -0.2) is 4.79 Å². The highest BCUT2D eigenvalue weighted by molar-refractivity contribution is 5.92. The smallest absolute Gasteiger partial charge is 0.315 e. The highest BCUT2D eigenvalue weighted by Crippen LogP contribution is 2.31. The third kappa shape index (κ3) is 4.82. The van der Waals surface area contributed by atoms with Crippen LogP contribution < -0.4 is 16.0 Å². The molecule has 1 aliphatic heterocycles. The highest BCUT2D eigenvalue weighted by atomic mass is 16.2. The van der Waals surface area contributed by atoms with Gasteiger partial charge in [-0.2, -0.15) is 0 Å². The minimum atomic E-state index is -0.596. The van der Waals surface area contributed by atoms with E-state index in [4.69, 9.17) is 0 Å². The van der Waals surface area contributed by atoms with Gasteiger partial charge in [-0.15, -0.1) is 6.58 Å². The zero-order valence-electron chi connectivity index (χ0n) is 16.2. The normalized spacial score (nSPS) is 28.5. The van der Waals surface area contributed by atoms with E-state index in [2.05, 4.69) is 22.5 Å². The zero-order chi connectivity index (χ0) is 19.4. The first-order chi connectivity index (χ1) is 13.0. The number of likely N-dealkylation sites (tertiary alicyclic amines) is 1. The molecule has 3 N–H and O–H groups in total. The van der Waals surface area contributed by atoms with Crippen molar-refractivity contribution in [2.24, 2.45) is 5.92 Å². The lowest BCUT2D eigenvalue weighted by molar-refractivity contribution is -0.140. The van der Waals surface area contributed by atoms with Gasteiger partial charge in [0.2, 0.25) is 11.8 Å². The van der Waals surface area contributed by atoms with Gasteiger partial charge in [0.15, 0.2) is 0 Å². The third-order valence-corrected chi connectivity index (χ3v) is 6.01. The first-order valence-electron chi connectivity index (χ1n) is 10.3. The average Bonchev–Trinajstić information content (AvgIpc) is 3.05. The van der Waals surface area contributed by atoms with Crippen LogP contribution in [0.3, 0.4) is 0 Å². The quantitative estimate of drug-likeness (QED) is 0.591. The molecule has 0 aromatic heterocycles. The maximum Gasteiger partial charge on any atom is 0.315 e. The van der Waals surface area contributed by atoms with E-state index in [0.29, 0.717) is 25.3 Å². The van der Waals surface area contributed by atoms with E-state index in [9.17, 15) is 14.4 Å². The van der Waals surface area contributed by atoms with Crippen LogP contribution in [0.5, 0.6) is 0 Å². The van der Waals surface area contributed by atoms with Gasteiger partial charge in [-0.1, -0.05) is 25.8 Å². The summed E-state index contributed by atoms with van der Waals surface area (Å²) >= 11 is 0. The molecule has 2 saturated carbocycles. The summed E-state index contributed by atoms with van der Waals surface area (Å²) in [6, 6.07) is -0.947. The maximum atomic E-state index is 13.0. The number of carbonyl (C=O) groups is 3. The van der Waals surface area contributed by atoms with Crippen molar-refractivity contribution < 1.29 is 14.4 Å². The molecule has 3 rings (SSSR count). The summed E-state index contributed by atoms with van der Waals surface area (Å²) in [5, 5.41) is 8.80. The van der Waals surface area contributed by atoms with Crippen LogP contribution in [0.25, 0.3) is 0 Å². The molecular formula is C20H32N4O3. The molecule has 3 aliphatic rings. The summed E-state index contributed by atoms with van der Waals surface area (Å²) in [4.78, 5) is 39.5. The van der Waals surface area contributed by atoms with Gasteiger partial charge < -0.3 is 20.9 Å². The standard InChI is InChI=1S/C20H32N4O3/c1-3-13-12-16(13)22-18(25)17-10-7-11-24(17)19(26)15(4-2)23-20(27)21-14-8-5-6-9-14/h3,13-17H,1,4-12H2,2H3,(H,22,25)(H2,21,23,27)/t13?,15-,16+,17?/m0/s1. The molecular weight excluding hydrogens is 344 g/mol. The monoisotopic (exact) mass is 376 g/mol. The van der Waals surface area contributed by atoms with Crippen LogP contribution in [0, 0.1) is 5.92 Å². The van der Waals surface area contributed by atoms with E-state index in [1.807, 2.05) is 13.0 Å². The van der Waals surface area contributed by atoms with Gasteiger partial charge in [0.25, 0.3) is 0 Å². The molecule has 7 heteroatoms. The molecule has 3 fully saturated rings. The molecule has 0 aromatic carbocycles. The van der Waals surface area contributed by atoms with E-state index in [-0.39, 0.29) is 29.9 Å². The number of hydrogen-bond donors (Lipinski definition) is 3. The Labute approximate surface area is 161 Å². The molecule has 150 valence electrons. The molecule has 7 nitrogen and oxygen atoms in total. The molecule has 1 heterocycles. The second kappa shape index (κ2) is 8.76. The van der Waals surface area contributed by atoms with Crippen LogP contribution in [0.4, 0.5) is 4.79 Å². The maximum absolute atomic E-state index is 13.0. The number of nitrogens with one attached hydrogen (secondary N) is 3. The van der Waals surface area contributed by atoms with Crippen LogP contribution in [0.1, 0.15) is 58.3 Å². The van der Waals surface area contributed by atoms with Gasteiger partial charge in [0, 0.05) is 18.6 Å². The number of rotatable bonds is 7. The van der Waals surface area contributed by atoms with Crippen molar-refractivity contribution in [1.82, 2.24) is 20.9 Å². The molecule has 4 amide bonds. The lowest BCUT2D eigenvalue weighted by atomic mass is 10.1. The van der Waals surface area contributed by atoms with E-state index >= 15 is 0 Å². The van der Waals surface area contributed by atoms with Crippen molar-refractivity contribution in [3.05, 3.63) is 12.7 Å². The first-order valence-corrected chi connectivity index (χ1v) is 10.3. The Morgan fingerprint density at radius 2 is 1.89 bits per heavy atom. The van der Waals surface area contributed by atoms with Crippen molar-refractivity contribution in [3.8, 4) is 0 Å². The Morgan fingerprint density at radius 1 is 1.15 bits per heavy atom. The summed E-state index contributed by atoms with van der Waals surface area (Å²) in [5.41, 5.74) is 0. The largest absolute Gasteiger partial charge is 0.351 e. The molecule has 0 bridgehead atoms. The number of amides is 4. The van der Waals surface area contributed by atoms with Crippen LogP contribution in [-0.2, 0) is 9.59 Å². The van der Waals surface area contributed by atoms with Crippen LogP contribution >= 0.6 is 0 Å². The second-order valence-corrected chi connectivity index (χ2v) is 8.00. The highest BCUT2D eigenvalue weighted by Gasteiger charge is 2.41. The van der Waals surface area contributed by atoms with Crippen molar-refractivity contribution in [2.45, 2.75) is 82.5 Å². The van der Waals surface area contributed by atoms with Gasteiger partial charge in [0.1, 0.15) is 12.1 Å². The van der Waals surface area contributed by atoms with Gasteiger partial charge >= 0.3 is 6.03 Å². The zero-order valence-corrected chi connectivity index (χ0v) is 16.2. The fourth-order valence-electron chi connectivity index (χ4n) is 4.22. The summed E-state index contributed by atoms with van der Waals surface area (Å²) in [6.45, 7) is 6.20. The molecule has 4 atom stereocenters. The van der Waals surface area contributed by atoms with Gasteiger partial charge in [-0.05, 0) is 44.4 Å². The van der Waals surface area contributed by atoms with Crippen LogP contribution in [0.15, 0.2) is 12.7 Å². The third-order valence-electron chi connectivity index (χ3n) is 6.01. The minimum absolute atomic E-state index is 0.0829. The summed E-state index contributed by atoms with van der Waals surface area (Å²) in [6.07, 6.45) is 9.05. The SMILES string of the molecule is C=CC1C[C@H]1NC(=O)C1CCCN1C(=O)[C@H](CC)NC(=O)NC1CCCC1. The van der Waals surface area contributed by atoms with Crippen molar-refractivity contribution in [1.29, 1.82) is 0 Å². The molecule has 0 radical (unpaired) electrons. The Balaban J connectivity index is 1.53. The van der Waals surface area contributed by atoms with Crippen molar-refractivity contribution >= 4 is 17.8 Å². The molecule has 1 saturated heterocycles. The van der Waals surface area contributed by atoms with E-state index in [0.717, 1.165) is 38.5 Å². The van der Waals surface area contributed by atoms with Crippen LogP contribution in [-0.4, -0.2) is 53.5 Å². The Kier molecular flexibility index (Phi) is 6.39. The summed E-state index contributed by atoms with van der Waals surface area (Å²) in [7, 11) is 0. The number of carbonyl (C=O) groups excluding carboxylic acids is 3. The van der Waals surface area contributed by atoms with E-state index in [1.165, 1.54) is 0 Å². The fourth-order valence-corrected chi connectivity index (χ4v) is 4.22. The Hall–Kier alpha value is -2.05. The minimum Gasteiger partial charge on any atom is -0.351 e. The summed E-state index contributed by atoms with van der Waals surface area (Å²) < 4.78 is 0. The molecule has 0 spiro atoms. The van der Waals surface area contributed by atoms with Crippen molar-refractivity contribution in [3.63, 3.8) is 0 Å². The summed E-state index contributed by atoms with van der Waals surface area (Å²) in [5.74, 6) is 0.108. The average molecular weight is 377 g/mol. The number of hydrogen-bond acceptors (Lipinski definition) is 3. The first kappa shape index (κ1) is 19.7. The predicted molar refractivity (Wildman–Crippen MR) is 103 cm³/mol. The Bertz CT molecular complexity index is 588. The van der Waals surface area contributed by atoms with Gasteiger partial charge in [0.05, 0.1) is 0 Å². The predicted octanol–water partition coefficient (Wildman–Crippen LogP) is 1.69. The van der Waals surface area contributed by atoms with Crippen molar-refractivity contribution in [2.75, 3.05) is 6.54 Å². The van der Waals surface area contributed by atoms with E-state index in [1.54, 1.807) is 4.90 Å². The lowest BCUT2D eigenvalue weighted by Crippen LogP contribution is -2.55. The lowest BCUT2D eigenvalue weighted by Gasteiger charge is -2.28. The van der Waals surface area contributed by atoms with Crippen LogP contribution in [0.2, 0.25) is 0 Å². The topological polar surface area (TPSA) is 90.5 Å².